The predicted octanol–water partition coefficient (Wildman–Crippen LogP) is 8.76. The van der Waals surface area contributed by atoms with Gasteiger partial charge in [-0.05, 0) is 148 Å². The molecule has 1 aliphatic heterocycles. The molecule has 8 N–H and O–H groups in total. The Morgan fingerprint density at radius 2 is 1.72 bits per heavy atom. The lowest BCUT2D eigenvalue weighted by Crippen LogP contribution is -2.66. The summed E-state index contributed by atoms with van der Waals surface area (Å²) < 4.78 is 2.32. The molecule has 6 fully saturated rings. The average molecular weight is 964 g/mol. The van der Waals surface area contributed by atoms with Crippen LogP contribution in [-0.4, -0.2) is 83.2 Å². The number of carbonyl (C=O) groups excluding carboxylic acids is 1. The molecule has 12 heteroatoms. The molecule has 68 heavy (non-hydrogen) atoms. The second-order valence-electron chi connectivity index (χ2n) is 24.3. The number of allylic oxidation sites excluding steroid dienone is 3. The highest BCUT2D eigenvalue weighted by Gasteiger charge is 2.74. The summed E-state index contributed by atoms with van der Waals surface area (Å²) in [6.45, 7) is 9.75. The molecule has 9 aliphatic rings. The van der Waals surface area contributed by atoms with E-state index < -0.39 is 40.7 Å². The van der Waals surface area contributed by atoms with E-state index in [4.69, 9.17) is 16.5 Å². The minimum Gasteiger partial charge on any atom is -0.392 e. The Morgan fingerprint density at radius 1 is 0.926 bits per heavy atom. The van der Waals surface area contributed by atoms with Gasteiger partial charge < -0.3 is 36.5 Å². The number of carbonyl (C=O) groups is 1. The van der Waals surface area contributed by atoms with Crippen LogP contribution in [0.3, 0.4) is 0 Å². The molecule has 0 radical (unpaired) electrons. The van der Waals surface area contributed by atoms with E-state index >= 15 is 0 Å². The van der Waals surface area contributed by atoms with Gasteiger partial charge in [-0.1, -0.05) is 108 Å². The highest BCUT2D eigenvalue weighted by Crippen LogP contribution is 2.74. The minimum absolute atomic E-state index is 0.0111. The number of ketones is 1. The molecule has 368 valence electrons. The molecule has 0 amide bonds. The van der Waals surface area contributed by atoms with Crippen molar-refractivity contribution in [3.63, 3.8) is 0 Å². The van der Waals surface area contributed by atoms with Crippen molar-refractivity contribution in [3.05, 3.63) is 88.6 Å². The van der Waals surface area contributed by atoms with Gasteiger partial charge in [0.2, 0.25) is 0 Å². The summed E-state index contributed by atoms with van der Waals surface area (Å²) in [5, 5.41) is 51.3. The number of hydrogen-bond donors (Lipinski definition) is 6. The maximum absolute atomic E-state index is 14.9. The van der Waals surface area contributed by atoms with Crippen molar-refractivity contribution in [1.82, 2.24) is 9.55 Å². The highest BCUT2D eigenvalue weighted by atomic mass is 33.1. The normalized spacial score (nSPS) is 44.1. The molecular formula is C56H77N5O5S2. The van der Waals surface area contributed by atoms with Crippen LogP contribution in [0, 0.1) is 69.5 Å². The third-order valence-electron chi connectivity index (χ3n) is 20.5. The zero-order chi connectivity index (χ0) is 47.5. The molecule has 0 spiro atoms. The predicted molar refractivity (Wildman–Crippen MR) is 272 cm³/mol. The van der Waals surface area contributed by atoms with Crippen molar-refractivity contribution in [3.8, 4) is 0 Å². The summed E-state index contributed by atoms with van der Waals surface area (Å²) in [5.41, 5.74) is 17.7. The molecule has 8 aliphatic carbocycles. The van der Waals surface area contributed by atoms with Crippen molar-refractivity contribution in [2.75, 3.05) is 12.3 Å². The van der Waals surface area contributed by atoms with Gasteiger partial charge in [0.05, 0.1) is 30.2 Å². The molecule has 0 unspecified atom stereocenters. The van der Waals surface area contributed by atoms with E-state index in [1.807, 2.05) is 40.2 Å². The Bertz CT molecular complexity index is 2380. The van der Waals surface area contributed by atoms with E-state index in [9.17, 15) is 25.2 Å². The molecule has 4 bridgehead atoms. The Labute approximate surface area is 412 Å². The van der Waals surface area contributed by atoms with Gasteiger partial charge in [0, 0.05) is 65.1 Å². The average Bonchev–Trinajstić information content (AvgIpc) is 3.93. The van der Waals surface area contributed by atoms with Gasteiger partial charge in [0.1, 0.15) is 0 Å². The lowest BCUT2D eigenvalue weighted by molar-refractivity contribution is -0.172. The number of nitrogens with zero attached hydrogens (tertiary/aromatic N) is 3. The van der Waals surface area contributed by atoms with Gasteiger partial charge in [-0.3, -0.25) is 9.79 Å². The Hall–Kier alpha value is -2.87. The lowest BCUT2D eigenvalue weighted by atomic mass is 9.42. The van der Waals surface area contributed by atoms with Crippen LogP contribution in [0.2, 0.25) is 0 Å². The summed E-state index contributed by atoms with van der Waals surface area (Å²) in [5.74, 6) is 0.332. The van der Waals surface area contributed by atoms with Crippen molar-refractivity contribution < 1.29 is 25.2 Å². The number of fused-ring (bicyclic) bond motifs is 13. The summed E-state index contributed by atoms with van der Waals surface area (Å²) in [7, 11) is 3.87. The first-order valence-electron chi connectivity index (χ1n) is 26.4. The number of aliphatic hydroxyl groups excluding tert-OH is 3. The first-order valence-corrected chi connectivity index (χ1v) is 28.8. The van der Waals surface area contributed by atoms with Crippen LogP contribution < -0.4 is 11.5 Å². The van der Waals surface area contributed by atoms with Crippen molar-refractivity contribution in [2.24, 2.45) is 86.0 Å². The maximum Gasteiger partial charge on any atom is 0.185 e. The zero-order valence-corrected chi connectivity index (χ0v) is 42.4. The Kier molecular flexibility index (Phi) is 12.4. The molecule has 2 aromatic rings. The summed E-state index contributed by atoms with van der Waals surface area (Å²) in [4.78, 5) is 24.2. The second-order valence-corrected chi connectivity index (χ2v) is 27.0. The van der Waals surface area contributed by atoms with Gasteiger partial charge in [-0.2, -0.15) is 0 Å². The monoisotopic (exact) mass is 964 g/mol. The number of aromatic nitrogens is 2. The second kappa shape index (κ2) is 17.7. The number of benzene rings is 1. The van der Waals surface area contributed by atoms with Crippen LogP contribution in [0.4, 0.5) is 0 Å². The third kappa shape index (κ3) is 7.43. The van der Waals surface area contributed by atoms with E-state index in [2.05, 4.69) is 73.8 Å². The van der Waals surface area contributed by atoms with Crippen molar-refractivity contribution in [2.45, 2.75) is 159 Å². The summed E-state index contributed by atoms with van der Waals surface area (Å²) in [6.07, 6.45) is 18.8. The molecule has 10 nitrogen and oxygen atoms in total. The number of aliphatic hydroxyl groups is 4. The quantitative estimate of drug-likeness (QED) is 0.0710. The molecule has 17 atom stereocenters. The van der Waals surface area contributed by atoms with E-state index in [-0.39, 0.29) is 76.8 Å². The smallest absolute Gasteiger partial charge is 0.185 e. The number of hydrogen-bond acceptors (Lipinski definition) is 9. The van der Waals surface area contributed by atoms with Gasteiger partial charge in [0.25, 0.3) is 0 Å². The zero-order valence-electron chi connectivity index (χ0n) is 40.8. The van der Waals surface area contributed by atoms with E-state index in [0.29, 0.717) is 24.8 Å². The molecule has 1 saturated heterocycles. The molecule has 5 saturated carbocycles. The number of rotatable bonds is 6. The first kappa shape index (κ1) is 47.5. The summed E-state index contributed by atoms with van der Waals surface area (Å²) >= 11 is 0. The van der Waals surface area contributed by atoms with Gasteiger partial charge >= 0.3 is 0 Å². The van der Waals surface area contributed by atoms with Crippen LogP contribution in [0.1, 0.15) is 129 Å². The molecule has 2 heterocycles. The number of aryl methyl sites for hydroxylation is 1. The fraction of sp³-hybridized carbons (Fsp3) is 0.696. The Morgan fingerprint density at radius 3 is 2.49 bits per heavy atom. The largest absolute Gasteiger partial charge is 0.392 e. The topological polar surface area (TPSA) is 180 Å². The fourth-order valence-electron chi connectivity index (χ4n) is 17.9. The molecular weight excluding hydrogens is 887 g/mol. The van der Waals surface area contributed by atoms with E-state index in [1.54, 1.807) is 16.7 Å². The number of guanidine groups is 1. The SMILES string of the molecule is CC1(C)C[C@H](n2ccnc2)CSS[C@@H](CCc2ccccc2)[C@H]2C[C@H]([C@@H]3C[C@@H]4CCCC5=C4[C@H](C1=C1CCCC[C@@H]51)[C@H]3O)[C@@]1(C)C[C@H](CN=C(N)N)[C@H]3C(=CC(=O)[C@@H]4C[C@@H](O)[C@@H](O)C[C@]34C)[C@]21O. The summed E-state index contributed by atoms with van der Waals surface area (Å²) in [6, 6.07) is 10.9. The Balaban J connectivity index is 1.12. The maximum atomic E-state index is 14.9. The molecule has 1 aromatic heterocycles. The van der Waals surface area contributed by atoms with Gasteiger partial charge in [-0.25, -0.2) is 4.98 Å². The fourth-order valence-corrected chi connectivity index (χ4v) is 21.2. The first-order chi connectivity index (χ1) is 32.5. The van der Waals surface area contributed by atoms with Crippen molar-refractivity contribution >= 4 is 33.3 Å². The van der Waals surface area contributed by atoms with E-state index in [0.717, 1.165) is 62.7 Å². The van der Waals surface area contributed by atoms with E-state index in [1.165, 1.54) is 36.8 Å². The van der Waals surface area contributed by atoms with Crippen LogP contribution in [0.15, 0.2) is 88.0 Å². The lowest BCUT2D eigenvalue weighted by Gasteiger charge is -2.64. The van der Waals surface area contributed by atoms with Crippen LogP contribution in [-0.2, 0) is 11.2 Å². The van der Waals surface area contributed by atoms with Gasteiger partial charge in [0.15, 0.2) is 11.7 Å². The standard InChI is InChI=1S/C56H77N5O5S2/c1-53(2)26-34(61-20-19-59-30-61)29-67-68-46(18-17-31-11-6-5-7-12-31)41-22-39(38-21-32-13-10-16-36-35-14-8-9-15-37(35)50(53)48(47(32)36)51(38)65)55(4)25-33(28-60-52(57)58)49-42(56(41,55)66)24-43(62)40-23-44(63)45(64)27-54(40,49)3/h5-7,11-12,19-20,24,30,32-35,38-41,44-46,48-49,51,63-66H,8-10,13-18,21-23,25-29H2,1-4H3,(H4,57,58,60)/t32-,33+,34-,35-,38-,39+,40-,41+,44+,45-,46-,48+,49-,51-,54-,55+,56+/m0/s1. The minimum atomic E-state index is -1.41. The third-order valence-corrected chi connectivity index (χ3v) is 23.5. The van der Waals surface area contributed by atoms with Gasteiger partial charge in [-0.15, -0.1) is 0 Å². The number of nitrogens with two attached hydrogens (primary N) is 2. The van der Waals surface area contributed by atoms with Crippen LogP contribution in [0.5, 0.6) is 0 Å². The number of aliphatic imine (C=N–C) groups is 1. The molecule has 11 rings (SSSR count). The molecule has 1 aromatic carbocycles. The van der Waals surface area contributed by atoms with Crippen molar-refractivity contribution in [1.29, 1.82) is 0 Å². The van der Waals surface area contributed by atoms with Crippen LogP contribution >= 0.6 is 21.6 Å². The van der Waals surface area contributed by atoms with Crippen LogP contribution in [0.25, 0.3) is 0 Å². The highest BCUT2D eigenvalue weighted by molar-refractivity contribution is 8.76. The number of imidazole rings is 1.